The maximum absolute atomic E-state index is 12.2. The smallest absolute Gasteiger partial charge is 0.350 e. The van der Waals surface area contributed by atoms with Crippen LogP contribution in [0.15, 0.2) is 30.3 Å². The Labute approximate surface area is 232 Å². The quantitative estimate of drug-likeness (QED) is 0.156. The molecule has 1 fully saturated rings. The van der Waals surface area contributed by atoms with Crippen LogP contribution in [-0.2, 0) is 20.6 Å². The van der Waals surface area contributed by atoms with Crippen molar-refractivity contribution in [3.8, 4) is 0 Å². The van der Waals surface area contributed by atoms with Crippen molar-refractivity contribution in [2.45, 2.75) is 26.8 Å². The van der Waals surface area contributed by atoms with Gasteiger partial charge in [0.05, 0.1) is 25.5 Å². The zero-order valence-corrected chi connectivity index (χ0v) is 23.6. The number of rotatable bonds is 13. The van der Waals surface area contributed by atoms with Crippen LogP contribution in [0, 0.1) is 6.92 Å². The number of esters is 1. The molecule has 3 N–H and O–H groups in total. The molecule has 12 nitrogen and oxygen atoms in total. The standard InChI is InChI=1S/C25H32N7O5PS/c1-3-37-23(33)22-17(2)28-25(39-22)31-24-29-20(26-9-4-10-32-11-13-36-14-12-32)15-21(30-24)27-16-18-5-7-19(8-6-18)38(34)35/h5-8,15H,3-4,9-14,16H2,1-2H3,(H3,26,27,28,29,30,31). The van der Waals surface area contributed by atoms with Gasteiger partial charge in [-0.25, -0.2) is 9.78 Å². The second-order valence-electron chi connectivity index (χ2n) is 8.75. The van der Waals surface area contributed by atoms with E-state index in [0.29, 0.717) is 39.8 Å². The minimum absolute atomic E-state index is 0.270. The maximum atomic E-state index is 12.2. The number of ether oxygens (including phenoxy) is 2. The highest BCUT2D eigenvalue weighted by Gasteiger charge is 2.17. The van der Waals surface area contributed by atoms with Crippen molar-refractivity contribution in [3.63, 3.8) is 0 Å². The van der Waals surface area contributed by atoms with Gasteiger partial charge in [0.1, 0.15) is 16.5 Å². The van der Waals surface area contributed by atoms with E-state index in [1.165, 1.54) is 11.3 Å². The molecule has 1 aromatic carbocycles. The van der Waals surface area contributed by atoms with Crippen LogP contribution in [0.4, 0.5) is 22.7 Å². The van der Waals surface area contributed by atoms with E-state index in [2.05, 4.69) is 35.8 Å². The van der Waals surface area contributed by atoms with Gasteiger partial charge in [-0.2, -0.15) is 9.97 Å². The SMILES string of the molecule is CCOC(=O)c1sc(Nc2nc(NCCCN3CCOCC3)cc(NCc3ccc([P+](=O)[O-])cc3)n2)nc1C. The Morgan fingerprint density at radius 1 is 1.15 bits per heavy atom. The molecular weight excluding hydrogens is 541 g/mol. The lowest BCUT2D eigenvalue weighted by Crippen LogP contribution is -2.37. The van der Waals surface area contributed by atoms with Crippen molar-refractivity contribution in [3.05, 3.63) is 46.5 Å². The second kappa shape index (κ2) is 14.2. The predicted molar refractivity (Wildman–Crippen MR) is 149 cm³/mol. The largest absolute Gasteiger partial charge is 0.591 e. The van der Waals surface area contributed by atoms with Gasteiger partial charge in [-0.3, -0.25) is 10.2 Å². The molecule has 3 aromatic rings. The van der Waals surface area contributed by atoms with Crippen molar-refractivity contribution in [2.75, 3.05) is 62.0 Å². The number of aryl methyl sites for hydroxylation is 1. The van der Waals surface area contributed by atoms with Gasteiger partial charge < -0.3 is 25.0 Å². The molecule has 39 heavy (non-hydrogen) atoms. The Kier molecular flexibility index (Phi) is 10.5. The highest BCUT2D eigenvalue weighted by atomic mass is 32.1. The van der Waals surface area contributed by atoms with Crippen molar-refractivity contribution >= 4 is 53.4 Å². The number of anilines is 4. The molecule has 0 spiro atoms. The molecule has 1 aliphatic heterocycles. The van der Waals surface area contributed by atoms with Crippen LogP contribution in [-0.4, -0.2) is 71.8 Å². The van der Waals surface area contributed by atoms with E-state index in [9.17, 15) is 14.3 Å². The summed E-state index contributed by atoms with van der Waals surface area (Å²) in [5, 5.41) is 10.5. The average Bonchev–Trinajstić information content (AvgIpc) is 3.30. The normalized spacial score (nSPS) is 14.1. The minimum atomic E-state index is -2.61. The number of nitrogens with one attached hydrogen (secondary N) is 3. The summed E-state index contributed by atoms with van der Waals surface area (Å²) >= 11 is 1.18. The number of hydrogen-bond acceptors (Lipinski definition) is 13. The molecule has 14 heteroatoms. The summed E-state index contributed by atoms with van der Waals surface area (Å²) in [4.78, 5) is 39.8. The van der Waals surface area contributed by atoms with Gasteiger partial charge in [0.25, 0.3) is 0 Å². The predicted octanol–water partition coefficient (Wildman–Crippen LogP) is 2.64. The molecule has 0 aliphatic carbocycles. The summed E-state index contributed by atoms with van der Waals surface area (Å²) in [6.07, 6.45) is 0.943. The number of carbonyl (C=O) groups excluding carboxylic acids is 1. The molecule has 3 heterocycles. The summed E-state index contributed by atoms with van der Waals surface area (Å²) < 4.78 is 21.7. The number of aromatic nitrogens is 3. The topological polar surface area (TPSA) is 154 Å². The van der Waals surface area contributed by atoms with E-state index in [4.69, 9.17) is 9.47 Å². The number of carbonyl (C=O) groups is 1. The molecule has 1 aliphatic rings. The number of morpholine rings is 1. The Morgan fingerprint density at radius 3 is 2.56 bits per heavy atom. The Morgan fingerprint density at radius 2 is 1.87 bits per heavy atom. The van der Waals surface area contributed by atoms with Crippen LogP contribution in [0.1, 0.15) is 34.3 Å². The first-order chi connectivity index (χ1) is 18.9. The molecule has 1 saturated heterocycles. The summed E-state index contributed by atoms with van der Waals surface area (Å²) in [6, 6.07) is 8.48. The van der Waals surface area contributed by atoms with Crippen LogP contribution in [0.3, 0.4) is 0 Å². The van der Waals surface area contributed by atoms with Gasteiger partial charge >= 0.3 is 14.0 Å². The van der Waals surface area contributed by atoms with Gasteiger partial charge in [0, 0.05) is 32.2 Å². The van der Waals surface area contributed by atoms with Gasteiger partial charge in [0.2, 0.25) is 5.95 Å². The Bertz CT molecular complexity index is 1270. The molecular formula is C25H32N7O5PS. The van der Waals surface area contributed by atoms with Gasteiger partial charge in [-0.1, -0.05) is 28.0 Å². The lowest BCUT2D eigenvalue weighted by molar-refractivity contribution is -0.160. The van der Waals surface area contributed by atoms with E-state index in [-0.39, 0.29) is 11.9 Å². The van der Waals surface area contributed by atoms with Gasteiger partial charge in [-0.05, 0) is 44.5 Å². The molecule has 0 amide bonds. The molecule has 208 valence electrons. The van der Waals surface area contributed by atoms with Gasteiger partial charge in [-0.15, -0.1) is 0 Å². The van der Waals surface area contributed by atoms with Crippen LogP contribution >= 0.6 is 19.4 Å². The highest BCUT2D eigenvalue weighted by molar-refractivity contribution is 7.45. The number of nitrogens with zero attached hydrogens (tertiary/aromatic N) is 4. The second-order valence-corrected chi connectivity index (χ2v) is 10.8. The van der Waals surface area contributed by atoms with Crippen LogP contribution < -0.4 is 26.1 Å². The van der Waals surface area contributed by atoms with Crippen molar-refractivity contribution in [1.29, 1.82) is 0 Å². The fourth-order valence-electron chi connectivity index (χ4n) is 3.89. The summed E-state index contributed by atoms with van der Waals surface area (Å²) in [6.45, 7) is 9.37. The third-order valence-electron chi connectivity index (χ3n) is 5.88. The average molecular weight is 574 g/mol. The molecule has 0 bridgehead atoms. The van der Waals surface area contributed by atoms with Crippen molar-refractivity contribution in [2.24, 2.45) is 0 Å². The van der Waals surface area contributed by atoms with Crippen molar-refractivity contribution in [1.82, 2.24) is 19.9 Å². The monoisotopic (exact) mass is 573 g/mol. The fourth-order valence-corrected chi connectivity index (χ4v) is 5.13. The zero-order chi connectivity index (χ0) is 27.6. The van der Waals surface area contributed by atoms with Crippen LogP contribution in [0.25, 0.3) is 0 Å². The fraction of sp³-hybridized carbons (Fsp3) is 0.440. The number of benzene rings is 1. The zero-order valence-electron chi connectivity index (χ0n) is 21.9. The first kappa shape index (κ1) is 28.8. The molecule has 0 saturated carbocycles. The molecule has 1 unspecified atom stereocenters. The van der Waals surface area contributed by atoms with Gasteiger partial charge in [0.15, 0.2) is 10.4 Å². The first-order valence-electron chi connectivity index (χ1n) is 12.7. The highest BCUT2D eigenvalue weighted by Crippen LogP contribution is 2.26. The minimum Gasteiger partial charge on any atom is -0.591 e. The van der Waals surface area contributed by atoms with E-state index in [1.807, 2.05) is 6.07 Å². The third-order valence-corrected chi connectivity index (χ3v) is 7.66. The Balaban J connectivity index is 1.45. The maximum Gasteiger partial charge on any atom is 0.350 e. The van der Waals surface area contributed by atoms with Crippen LogP contribution in [0.5, 0.6) is 0 Å². The lowest BCUT2D eigenvalue weighted by atomic mass is 10.2. The third kappa shape index (κ3) is 8.64. The van der Waals surface area contributed by atoms with Crippen LogP contribution in [0.2, 0.25) is 0 Å². The number of hydrogen-bond donors (Lipinski definition) is 3. The summed E-state index contributed by atoms with van der Waals surface area (Å²) in [7, 11) is -2.61. The van der Waals surface area contributed by atoms with E-state index >= 15 is 0 Å². The molecule has 2 aromatic heterocycles. The Hall–Kier alpha value is -3.22. The van der Waals surface area contributed by atoms with E-state index in [1.54, 1.807) is 38.1 Å². The van der Waals surface area contributed by atoms with E-state index in [0.717, 1.165) is 51.4 Å². The number of thiazole rings is 1. The summed E-state index contributed by atoms with van der Waals surface area (Å²) in [5.41, 5.74) is 1.47. The molecule has 1 atom stereocenters. The molecule has 4 rings (SSSR count). The molecule has 0 radical (unpaired) electrons. The van der Waals surface area contributed by atoms with E-state index < -0.39 is 14.0 Å². The first-order valence-corrected chi connectivity index (χ1v) is 14.7. The lowest BCUT2D eigenvalue weighted by Gasteiger charge is -2.26. The van der Waals surface area contributed by atoms with Crippen molar-refractivity contribution < 1.29 is 23.7 Å². The summed E-state index contributed by atoms with van der Waals surface area (Å²) in [5.74, 6) is 1.11.